The molecule has 0 fully saturated rings. The first-order valence-corrected chi connectivity index (χ1v) is 5.13. The Hall–Kier alpha value is -2.63. The molecule has 0 aliphatic rings. The van der Waals surface area contributed by atoms with Crippen molar-refractivity contribution >= 4 is 17.9 Å². The van der Waals surface area contributed by atoms with Gasteiger partial charge in [0, 0.05) is 5.56 Å². The highest BCUT2D eigenvalue weighted by atomic mass is 16.4. The summed E-state index contributed by atoms with van der Waals surface area (Å²) in [6, 6.07) is 5.68. The molecule has 6 nitrogen and oxygen atoms in total. The Labute approximate surface area is 102 Å². The summed E-state index contributed by atoms with van der Waals surface area (Å²) in [6.07, 6.45) is 1.42. The first-order chi connectivity index (χ1) is 8.56. The van der Waals surface area contributed by atoms with Gasteiger partial charge in [-0.15, -0.1) is 0 Å². The van der Waals surface area contributed by atoms with E-state index in [1.807, 2.05) is 0 Å². The lowest BCUT2D eigenvalue weighted by molar-refractivity contribution is 0.0696. The summed E-state index contributed by atoms with van der Waals surface area (Å²) < 4.78 is 4.98. The number of nitrogens with one attached hydrogen (secondary N) is 1. The fraction of sp³-hybridized carbons (Fsp3) is 0.0833. The van der Waals surface area contributed by atoms with E-state index in [9.17, 15) is 9.59 Å². The minimum absolute atomic E-state index is 0.111. The number of carboxylic acids is 1. The number of carboxylic acid groups (broad SMARTS) is 1. The topological polar surface area (TPSA) is 92.4 Å². The van der Waals surface area contributed by atoms with Crippen molar-refractivity contribution in [2.45, 2.75) is 6.92 Å². The minimum Gasteiger partial charge on any atom is -0.478 e. The van der Waals surface area contributed by atoms with Crippen molar-refractivity contribution in [2.24, 2.45) is 0 Å². The predicted molar refractivity (Wildman–Crippen MR) is 62.6 cm³/mol. The number of anilines is 1. The molecule has 1 aromatic carbocycles. The maximum atomic E-state index is 11.7. The molecule has 0 atom stereocenters. The fourth-order valence-electron chi connectivity index (χ4n) is 1.34. The summed E-state index contributed by atoms with van der Waals surface area (Å²) in [5.41, 5.74) is 1.11. The molecule has 92 valence electrons. The molecule has 0 spiro atoms. The van der Waals surface area contributed by atoms with Crippen LogP contribution < -0.4 is 5.32 Å². The number of aromatic carboxylic acids is 1. The third-order valence-corrected chi connectivity index (χ3v) is 2.23. The number of rotatable bonds is 3. The van der Waals surface area contributed by atoms with Gasteiger partial charge >= 0.3 is 12.0 Å². The Balaban J connectivity index is 2.11. The van der Waals surface area contributed by atoms with Crippen molar-refractivity contribution < 1.29 is 19.1 Å². The second-order valence-electron chi connectivity index (χ2n) is 3.63. The van der Waals surface area contributed by atoms with E-state index in [4.69, 9.17) is 9.52 Å². The van der Waals surface area contributed by atoms with Gasteiger partial charge in [-0.25, -0.2) is 4.79 Å². The number of benzene rings is 1. The minimum atomic E-state index is -1.04. The molecule has 18 heavy (non-hydrogen) atoms. The van der Waals surface area contributed by atoms with Crippen LogP contribution in [0, 0.1) is 6.92 Å². The van der Waals surface area contributed by atoms with Gasteiger partial charge < -0.3 is 9.52 Å². The zero-order chi connectivity index (χ0) is 13.1. The molecular weight excluding hydrogens is 236 g/mol. The highest BCUT2D eigenvalue weighted by Gasteiger charge is 2.10. The molecule has 0 aliphatic heterocycles. The van der Waals surface area contributed by atoms with Gasteiger partial charge in [0.05, 0.1) is 11.3 Å². The number of hydrogen-bond acceptors (Lipinski definition) is 4. The summed E-state index contributed by atoms with van der Waals surface area (Å²) in [5, 5.41) is 11.2. The monoisotopic (exact) mass is 246 g/mol. The molecule has 0 aliphatic carbocycles. The van der Waals surface area contributed by atoms with Gasteiger partial charge in [0.15, 0.2) is 0 Å². The van der Waals surface area contributed by atoms with Gasteiger partial charge in [-0.2, -0.15) is 4.98 Å². The highest BCUT2D eigenvalue weighted by Crippen LogP contribution is 2.10. The van der Waals surface area contributed by atoms with Crippen molar-refractivity contribution in [3.63, 3.8) is 0 Å². The van der Waals surface area contributed by atoms with Crippen LogP contribution in [-0.4, -0.2) is 22.0 Å². The van der Waals surface area contributed by atoms with Crippen LogP contribution in [0.15, 0.2) is 34.9 Å². The van der Waals surface area contributed by atoms with Gasteiger partial charge in [-0.1, -0.05) is 0 Å². The zero-order valence-corrected chi connectivity index (χ0v) is 9.51. The largest absolute Gasteiger partial charge is 0.478 e. The van der Waals surface area contributed by atoms with Crippen LogP contribution in [0.3, 0.4) is 0 Å². The summed E-state index contributed by atoms with van der Waals surface area (Å²) >= 11 is 0. The van der Waals surface area contributed by atoms with E-state index >= 15 is 0 Å². The Morgan fingerprint density at radius 1 is 1.22 bits per heavy atom. The number of amides is 1. The quantitative estimate of drug-likeness (QED) is 0.863. The molecule has 6 heteroatoms. The number of aryl methyl sites for hydroxylation is 1. The lowest BCUT2D eigenvalue weighted by Crippen LogP contribution is -2.12. The molecule has 1 amide bonds. The molecule has 1 aromatic heterocycles. The molecule has 1 heterocycles. The smallest absolute Gasteiger partial charge is 0.335 e. The van der Waals surface area contributed by atoms with Crippen LogP contribution in [0.25, 0.3) is 0 Å². The Bertz CT molecular complexity index is 586. The van der Waals surface area contributed by atoms with Crippen LogP contribution in [0.2, 0.25) is 0 Å². The molecule has 0 saturated carbocycles. The number of carbonyl (C=O) groups is 2. The molecular formula is C12H10N2O4. The van der Waals surface area contributed by atoms with E-state index in [0.717, 1.165) is 0 Å². The molecule has 0 radical (unpaired) electrons. The van der Waals surface area contributed by atoms with Gasteiger partial charge in [0.25, 0.3) is 5.91 Å². The summed E-state index contributed by atoms with van der Waals surface area (Å²) in [5.74, 6) is -1.45. The van der Waals surface area contributed by atoms with Gasteiger partial charge in [0.1, 0.15) is 6.26 Å². The first kappa shape index (κ1) is 11.8. The fourth-order valence-corrected chi connectivity index (χ4v) is 1.34. The third-order valence-electron chi connectivity index (χ3n) is 2.23. The summed E-state index contributed by atoms with van der Waals surface area (Å²) in [6.45, 7) is 1.74. The van der Waals surface area contributed by atoms with Crippen molar-refractivity contribution in [2.75, 3.05) is 5.32 Å². The highest BCUT2D eigenvalue weighted by molar-refractivity contribution is 6.03. The second kappa shape index (κ2) is 4.70. The standard InChI is InChI=1S/C12H10N2O4/c1-7-6-18-12(13-7)14-10(15)8-2-4-9(5-3-8)11(16)17/h2-6H,1H3,(H,16,17)(H,13,14,15). The Kier molecular flexibility index (Phi) is 3.09. The van der Waals surface area contributed by atoms with E-state index < -0.39 is 11.9 Å². The van der Waals surface area contributed by atoms with Crippen molar-refractivity contribution in [1.29, 1.82) is 0 Å². The molecule has 0 unspecified atom stereocenters. The zero-order valence-electron chi connectivity index (χ0n) is 9.51. The molecule has 2 aromatic rings. The Morgan fingerprint density at radius 2 is 1.83 bits per heavy atom. The number of aromatic nitrogens is 1. The molecule has 2 N–H and O–H groups in total. The predicted octanol–water partition coefficient (Wildman–Crippen LogP) is 1.93. The van der Waals surface area contributed by atoms with Crippen LogP contribution in [0.4, 0.5) is 6.01 Å². The molecule has 0 bridgehead atoms. The van der Waals surface area contributed by atoms with Crippen LogP contribution in [0.5, 0.6) is 0 Å². The number of oxazole rings is 1. The van der Waals surface area contributed by atoms with Crippen LogP contribution in [-0.2, 0) is 0 Å². The maximum Gasteiger partial charge on any atom is 0.335 e. The Morgan fingerprint density at radius 3 is 2.33 bits per heavy atom. The lowest BCUT2D eigenvalue weighted by atomic mass is 10.1. The first-order valence-electron chi connectivity index (χ1n) is 5.13. The average Bonchev–Trinajstić information content (AvgIpc) is 2.75. The third kappa shape index (κ3) is 2.54. The molecule has 2 rings (SSSR count). The van der Waals surface area contributed by atoms with Gasteiger partial charge in [0.2, 0.25) is 0 Å². The summed E-state index contributed by atoms with van der Waals surface area (Å²) in [7, 11) is 0. The van der Waals surface area contributed by atoms with E-state index in [-0.39, 0.29) is 11.6 Å². The van der Waals surface area contributed by atoms with Crippen LogP contribution >= 0.6 is 0 Å². The molecule has 0 saturated heterocycles. The maximum absolute atomic E-state index is 11.7. The number of carbonyl (C=O) groups excluding carboxylic acids is 1. The second-order valence-corrected chi connectivity index (χ2v) is 3.63. The normalized spacial score (nSPS) is 10.1. The number of hydrogen-bond donors (Lipinski definition) is 2. The van der Waals surface area contributed by atoms with Crippen LogP contribution in [0.1, 0.15) is 26.4 Å². The SMILES string of the molecule is Cc1coc(NC(=O)c2ccc(C(=O)O)cc2)n1. The van der Waals surface area contributed by atoms with Crippen molar-refractivity contribution in [3.8, 4) is 0 Å². The van der Waals surface area contributed by atoms with E-state index in [1.165, 1.54) is 30.5 Å². The van der Waals surface area contributed by atoms with Crippen molar-refractivity contribution in [3.05, 3.63) is 47.3 Å². The van der Waals surface area contributed by atoms with E-state index in [2.05, 4.69) is 10.3 Å². The average molecular weight is 246 g/mol. The number of nitrogens with zero attached hydrogens (tertiary/aromatic N) is 1. The summed E-state index contributed by atoms with van der Waals surface area (Å²) in [4.78, 5) is 26.3. The van der Waals surface area contributed by atoms with E-state index in [0.29, 0.717) is 11.3 Å². The van der Waals surface area contributed by atoms with Gasteiger partial charge in [-0.05, 0) is 31.2 Å². The van der Waals surface area contributed by atoms with Gasteiger partial charge in [-0.3, -0.25) is 10.1 Å². The van der Waals surface area contributed by atoms with E-state index in [1.54, 1.807) is 6.92 Å². The lowest BCUT2D eigenvalue weighted by Gasteiger charge is -2.01. The van der Waals surface area contributed by atoms with Crippen molar-refractivity contribution in [1.82, 2.24) is 4.98 Å².